The maximum Gasteiger partial charge on any atom is 0.405 e. The summed E-state index contributed by atoms with van der Waals surface area (Å²) in [5.41, 5.74) is 2.97. The van der Waals surface area contributed by atoms with Crippen molar-refractivity contribution in [1.29, 1.82) is 0 Å². The van der Waals surface area contributed by atoms with E-state index in [1.54, 1.807) is 45.0 Å². The van der Waals surface area contributed by atoms with Gasteiger partial charge in [-0.1, -0.05) is 36.7 Å². The highest BCUT2D eigenvalue weighted by Crippen LogP contribution is 2.41. The Bertz CT molecular complexity index is 448. The lowest BCUT2D eigenvalue weighted by Gasteiger charge is -2.41. The maximum atomic E-state index is 10.9. The second-order valence-corrected chi connectivity index (χ2v) is 5.03. The molecular formula is C13H18ClNO3. The van der Waals surface area contributed by atoms with Crippen LogP contribution in [0, 0.1) is 0 Å². The van der Waals surface area contributed by atoms with Gasteiger partial charge in [0.1, 0.15) is 11.2 Å². The van der Waals surface area contributed by atoms with Gasteiger partial charge in [-0.2, -0.15) is 0 Å². The molecule has 100 valence electrons. The van der Waals surface area contributed by atoms with E-state index in [4.69, 9.17) is 22.1 Å². The van der Waals surface area contributed by atoms with Crippen molar-refractivity contribution in [3.8, 4) is 0 Å². The quantitative estimate of drug-likeness (QED) is 0.884. The molecule has 4 nitrogen and oxygen atoms in total. The fourth-order valence-corrected chi connectivity index (χ4v) is 2.37. The molecule has 0 unspecified atom stereocenters. The first-order chi connectivity index (χ1) is 8.24. The number of rotatable bonds is 4. The number of halogens is 1. The standard InChI is InChI=1S/C13H18ClNO3/c1-4-13(17,12(2,3)18-11(15)16)9-7-5-6-8-10(9)14/h5-8,17H,4H2,1-3H3,(H2,15,16)/t13-/m1/s1. The van der Waals surface area contributed by atoms with E-state index in [-0.39, 0.29) is 0 Å². The number of aliphatic hydroxyl groups is 1. The van der Waals surface area contributed by atoms with Gasteiger partial charge in [-0.3, -0.25) is 0 Å². The van der Waals surface area contributed by atoms with Crippen LogP contribution < -0.4 is 5.73 Å². The molecule has 0 aromatic heterocycles. The largest absolute Gasteiger partial charge is 0.440 e. The smallest absolute Gasteiger partial charge is 0.405 e. The summed E-state index contributed by atoms with van der Waals surface area (Å²) in [6.07, 6.45) is -0.601. The molecule has 0 heterocycles. The van der Waals surface area contributed by atoms with Crippen LogP contribution in [0.15, 0.2) is 24.3 Å². The average Bonchev–Trinajstić information content (AvgIpc) is 2.26. The average molecular weight is 272 g/mol. The summed E-state index contributed by atoms with van der Waals surface area (Å²) in [5.74, 6) is 0. The van der Waals surface area contributed by atoms with Crippen molar-refractivity contribution in [2.24, 2.45) is 5.73 Å². The van der Waals surface area contributed by atoms with Crippen LogP contribution in [0.25, 0.3) is 0 Å². The van der Waals surface area contributed by atoms with E-state index in [9.17, 15) is 9.90 Å². The molecule has 3 N–H and O–H groups in total. The Hall–Kier alpha value is -1.26. The molecule has 1 aromatic rings. The molecule has 0 aliphatic heterocycles. The molecule has 0 bridgehead atoms. The van der Waals surface area contributed by atoms with E-state index < -0.39 is 17.3 Å². The Morgan fingerprint density at radius 2 is 2.00 bits per heavy atom. The van der Waals surface area contributed by atoms with Gasteiger partial charge >= 0.3 is 6.09 Å². The Labute approximate surface area is 112 Å². The monoisotopic (exact) mass is 271 g/mol. The van der Waals surface area contributed by atoms with Gasteiger partial charge in [0.05, 0.1) is 0 Å². The number of carbonyl (C=O) groups excluding carboxylic acids is 1. The summed E-state index contributed by atoms with van der Waals surface area (Å²) in [5, 5.41) is 11.3. The second-order valence-electron chi connectivity index (χ2n) is 4.63. The predicted octanol–water partition coefficient (Wildman–Crippen LogP) is 2.81. The van der Waals surface area contributed by atoms with E-state index in [0.29, 0.717) is 17.0 Å². The summed E-state index contributed by atoms with van der Waals surface area (Å²) in [4.78, 5) is 10.9. The lowest BCUT2D eigenvalue weighted by molar-refractivity contribution is -0.140. The fourth-order valence-electron chi connectivity index (χ4n) is 2.07. The molecule has 0 radical (unpaired) electrons. The zero-order valence-electron chi connectivity index (χ0n) is 10.7. The molecule has 1 rings (SSSR count). The number of benzene rings is 1. The van der Waals surface area contributed by atoms with Crippen molar-refractivity contribution in [2.45, 2.75) is 38.4 Å². The van der Waals surface area contributed by atoms with Crippen LogP contribution in [0.4, 0.5) is 4.79 Å². The van der Waals surface area contributed by atoms with Gasteiger partial charge in [-0.25, -0.2) is 4.79 Å². The van der Waals surface area contributed by atoms with Gasteiger partial charge < -0.3 is 15.6 Å². The first kappa shape index (κ1) is 14.8. The summed E-state index contributed by atoms with van der Waals surface area (Å²) in [7, 11) is 0. The number of hydrogen-bond donors (Lipinski definition) is 2. The summed E-state index contributed by atoms with van der Waals surface area (Å²) in [6, 6.07) is 6.92. The first-order valence-corrected chi connectivity index (χ1v) is 6.08. The number of ether oxygens (including phenoxy) is 1. The van der Waals surface area contributed by atoms with Crippen molar-refractivity contribution >= 4 is 17.7 Å². The molecule has 1 atom stereocenters. The molecule has 1 aromatic carbocycles. The molecule has 0 aliphatic carbocycles. The zero-order chi connectivity index (χ0) is 14.0. The normalized spacial score (nSPS) is 14.9. The predicted molar refractivity (Wildman–Crippen MR) is 70.4 cm³/mol. The number of primary amides is 1. The van der Waals surface area contributed by atoms with Gasteiger partial charge in [0.2, 0.25) is 0 Å². The van der Waals surface area contributed by atoms with Crippen LogP contribution in [0.1, 0.15) is 32.8 Å². The minimum Gasteiger partial charge on any atom is -0.440 e. The van der Waals surface area contributed by atoms with Gasteiger partial charge in [0, 0.05) is 10.6 Å². The van der Waals surface area contributed by atoms with E-state index in [2.05, 4.69) is 0 Å². The van der Waals surface area contributed by atoms with Crippen molar-refractivity contribution in [2.75, 3.05) is 0 Å². The van der Waals surface area contributed by atoms with Crippen molar-refractivity contribution in [3.05, 3.63) is 34.9 Å². The lowest BCUT2D eigenvalue weighted by Crippen LogP contribution is -2.51. The molecule has 18 heavy (non-hydrogen) atoms. The molecule has 0 saturated carbocycles. The summed E-state index contributed by atoms with van der Waals surface area (Å²) < 4.78 is 5.03. The molecule has 0 spiro atoms. The Balaban J connectivity index is 3.29. The number of amides is 1. The lowest BCUT2D eigenvalue weighted by atomic mass is 9.77. The molecular weight excluding hydrogens is 254 g/mol. The van der Waals surface area contributed by atoms with Crippen LogP contribution >= 0.6 is 11.6 Å². The van der Waals surface area contributed by atoms with Crippen LogP contribution in [-0.4, -0.2) is 16.8 Å². The van der Waals surface area contributed by atoms with Crippen LogP contribution in [-0.2, 0) is 10.3 Å². The third kappa shape index (κ3) is 2.60. The van der Waals surface area contributed by atoms with E-state index in [1.807, 2.05) is 0 Å². The summed E-state index contributed by atoms with van der Waals surface area (Å²) in [6.45, 7) is 4.99. The second kappa shape index (κ2) is 5.16. The summed E-state index contributed by atoms with van der Waals surface area (Å²) >= 11 is 6.10. The molecule has 1 amide bonds. The third-order valence-electron chi connectivity index (χ3n) is 3.18. The molecule has 5 heteroatoms. The Morgan fingerprint density at radius 1 is 1.44 bits per heavy atom. The number of nitrogens with two attached hydrogens (primary N) is 1. The third-order valence-corrected chi connectivity index (χ3v) is 3.51. The highest BCUT2D eigenvalue weighted by molar-refractivity contribution is 6.31. The Morgan fingerprint density at radius 3 is 2.44 bits per heavy atom. The van der Waals surface area contributed by atoms with E-state index in [0.717, 1.165) is 0 Å². The van der Waals surface area contributed by atoms with Crippen LogP contribution in [0.5, 0.6) is 0 Å². The number of carbonyl (C=O) groups is 1. The maximum absolute atomic E-state index is 10.9. The molecule has 0 aliphatic rings. The van der Waals surface area contributed by atoms with Gasteiger partial charge in [0.25, 0.3) is 0 Å². The van der Waals surface area contributed by atoms with E-state index in [1.165, 1.54) is 0 Å². The minimum absolute atomic E-state index is 0.330. The SMILES string of the molecule is CC[C@@](O)(c1ccccc1Cl)C(C)(C)OC(N)=O. The van der Waals surface area contributed by atoms with Gasteiger partial charge in [-0.05, 0) is 26.3 Å². The van der Waals surface area contributed by atoms with Crippen molar-refractivity contribution in [3.63, 3.8) is 0 Å². The van der Waals surface area contributed by atoms with Crippen molar-refractivity contribution in [1.82, 2.24) is 0 Å². The molecule has 0 fully saturated rings. The minimum atomic E-state index is -1.40. The zero-order valence-corrected chi connectivity index (χ0v) is 11.5. The fraction of sp³-hybridized carbons (Fsp3) is 0.462. The number of hydrogen-bond acceptors (Lipinski definition) is 3. The van der Waals surface area contributed by atoms with E-state index >= 15 is 0 Å². The first-order valence-electron chi connectivity index (χ1n) is 5.70. The van der Waals surface area contributed by atoms with Crippen molar-refractivity contribution < 1.29 is 14.6 Å². The van der Waals surface area contributed by atoms with Crippen LogP contribution in [0.3, 0.4) is 0 Å². The molecule has 0 saturated heterocycles. The highest BCUT2D eigenvalue weighted by Gasteiger charge is 2.47. The highest BCUT2D eigenvalue weighted by atomic mass is 35.5. The van der Waals surface area contributed by atoms with Gasteiger partial charge in [-0.15, -0.1) is 0 Å². The van der Waals surface area contributed by atoms with Crippen LogP contribution in [0.2, 0.25) is 5.02 Å². The topological polar surface area (TPSA) is 72.6 Å². The Kier molecular flexibility index (Phi) is 4.24. The van der Waals surface area contributed by atoms with Gasteiger partial charge in [0.15, 0.2) is 0 Å².